The maximum Gasteiger partial charge on any atom is 0.127 e. The number of aromatic nitrogens is 2. The molecular formula is C15H20BrN3O2. The van der Waals surface area contributed by atoms with E-state index >= 15 is 0 Å². The molecule has 0 aliphatic rings. The zero-order chi connectivity index (χ0) is 15.4. The second-order valence-corrected chi connectivity index (χ2v) is 5.35. The van der Waals surface area contributed by atoms with E-state index in [4.69, 9.17) is 9.47 Å². The first-order chi connectivity index (χ1) is 10.2. The van der Waals surface area contributed by atoms with E-state index in [2.05, 4.69) is 33.3 Å². The van der Waals surface area contributed by atoms with Crippen LogP contribution in [0.5, 0.6) is 11.5 Å². The molecule has 0 radical (unpaired) electrons. The van der Waals surface area contributed by atoms with Gasteiger partial charge in [-0.15, -0.1) is 0 Å². The Morgan fingerprint density at radius 1 is 1.29 bits per heavy atom. The van der Waals surface area contributed by atoms with Crippen molar-refractivity contribution in [1.29, 1.82) is 0 Å². The lowest BCUT2D eigenvalue weighted by Gasteiger charge is -2.23. The number of hydrogen-bond donors (Lipinski definition) is 1. The molecule has 1 heterocycles. The van der Waals surface area contributed by atoms with Crippen LogP contribution < -0.4 is 14.8 Å². The van der Waals surface area contributed by atoms with Crippen molar-refractivity contribution in [2.75, 3.05) is 21.3 Å². The maximum atomic E-state index is 5.52. The van der Waals surface area contributed by atoms with E-state index in [1.165, 1.54) is 0 Å². The lowest BCUT2D eigenvalue weighted by atomic mass is 10.0. The summed E-state index contributed by atoms with van der Waals surface area (Å²) in [5.41, 5.74) is 2.00. The average Bonchev–Trinajstić information content (AvgIpc) is 2.89. The fourth-order valence-electron chi connectivity index (χ4n) is 2.49. The quantitative estimate of drug-likeness (QED) is 0.867. The van der Waals surface area contributed by atoms with Crippen LogP contribution in [0.1, 0.15) is 24.2 Å². The molecule has 0 saturated heterocycles. The predicted molar refractivity (Wildman–Crippen MR) is 86.0 cm³/mol. The van der Waals surface area contributed by atoms with Crippen LogP contribution in [0.25, 0.3) is 0 Å². The van der Waals surface area contributed by atoms with Gasteiger partial charge in [0.05, 0.1) is 42.2 Å². The van der Waals surface area contributed by atoms with Gasteiger partial charge in [-0.1, -0.05) is 6.07 Å². The van der Waals surface area contributed by atoms with Gasteiger partial charge >= 0.3 is 0 Å². The van der Waals surface area contributed by atoms with E-state index in [1.807, 2.05) is 36.1 Å². The van der Waals surface area contributed by atoms with Gasteiger partial charge in [0.15, 0.2) is 0 Å². The molecule has 0 saturated carbocycles. The van der Waals surface area contributed by atoms with Gasteiger partial charge in [-0.2, -0.15) is 5.10 Å². The van der Waals surface area contributed by atoms with Crippen LogP contribution in [0.4, 0.5) is 0 Å². The fraction of sp³-hybridized carbons (Fsp3) is 0.400. The highest BCUT2D eigenvalue weighted by atomic mass is 79.9. The summed E-state index contributed by atoms with van der Waals surface area (Å²) in [7, 11) is 5.24. The zero-order valence-corrected chi connectivity index (χ0v) is 14.3. The lowest BCUT2D eigenvalue weighted by Crippen LogP contribution is -2.23. The molecule has 0 spiro atoms. The van der Waals surface area contributed by atoms with E-state index < -0.39 is 0 Å². The topological polar surface area (TPSA) is 48.3 Å². The highest BCUT2D eigenvalue weighted by molar-refractivity contribution is 9.10. The Hall–Kier alpha value is -1.53. The third kappa shape index (κ3) is 2.91. The van der Waals surface area contributed by atoms with Crippen LogP contribution in [0, 0.1) is 0 Å². The van der Waals surface area contributed by atoms with Crippen LogP contribution in [0.15, 0.2) is 28.9 Å². The molecule has 114 valence electrons. The number of halogens is 1. The molecular weight excluding hydrogens is 334 g/mol. The van der Waals surface area contributed by atoms with Crippen LogP contribution in [-0.2, 0) is 6.54 Å². The minimum absolute atomic E-state index is 0.0899. The van der Waals surface area contributed by atoms with E-state index in [0.717, 1.165) is 33.8 Å². The van der Waals surface area contributed by atoms with Gasteiger partial charge in [0, 0.05) is 6.54 Å². The first kappa shape index (κ1) is 15.9. The molecule has 1 aromatic heterocycles. The molecule has 1 N–H and O–H groups in total. The maximum absolute atomic E-state index is 5.52. The van der Waals surface area contributed by atoms with E-state index in [1.54, 1.807) is 14.2 Å². The summed E-state index contributed by atoms with van der Waals surface area (Å²) in [5, 5.41) is 7.72. The third-order valence-corrected chi connectivity index (χ3v) is 4.06. The largest absolute Gasteiger partial charge is 0.496 e. The number of nitrogens with zero attached hydrogens (tertiary/aromatic N) is 2. The minimum Gasteiger partial charge on any atom is -0.496 e. The van der Waals surface area contributed by atoms with E-state index in [-0.39, 0.29) is 6.04 Å². The van der Waals surface area contributed by atoms with Crippen LogP contribution >= 0.6 is 15.9 Å². The van der Waals surface area contributed by atoms with Crippen molar-refractivity contribution in [3.63, 3.8) is 0 Å². The number of methoxy groups -OCH3 is 2. The van der Waals surface area contributed by atoms with E-state index in [0.29, 0.717) is 0 Å². The van der Waals surface area contributed by atoms with Crippen molar-refractivity contribution in [2.45, 2.75) is 19.5 Å². The molecule has 1 aromatic carbocycles. The first-order valence-corrected chi connectivity index (χ1v) is 7.56. The van der Waals surface area contributed by atoms with Crippen molar-refractivity contribution in [1.82, 2.24) is 15.1 Å². The number of rotatable bonds is 6. The zero-order valence-electron chi connectivity index (χ0n) is 12.7. The smallest absolute Gasteiger partial charge is 0.127 e. The molecule has 1 unspecified atom stereocenters. The molecule has 0 fully saturated rings. The molecule has 1 atom stereocenters. The molecule has 2 aromatic rings. The van der Waals surface area contributed by atoms with Crippen molar-refractivity contribution in [3.05, 3.63) is 40.1 Å². The SMILES string of the molecule is CCn1ncc(Br)c1C(NC)c1c(OC)cccc1OC. The second-order valence-electron chi connectivity index (χ2n) is 4.49. The summed E-state index contributed by atoms with van der Waals surface area (Å²) in [5.74, 6) is 1.56. The average molecular weight is 354 g/mol. The van der Waals surface area contributed by atoms with Gasteiger partial charge in [0.25, 0.3) is 0 Å². The first-order valence-electron chi connectivity index (χ1n) is 6.77. The predicted octanol–water partition coefficient (Wildman–Crippen LogP) is 2.99. The van der Waals surface area contributed by atoms with Gasteiger partial charge in [0.2, 0.25) is 0 Å². The highest BCUT2D eigenvalue weighted by Crippen LogP contribution is 2.39. The number of hydrogen-bond acceptors (Lipinski definition) is 4. The van der Waals surface area contributed by atoms with Crippen molar-refractivity contribution >= 4 is 15.9 Å². The Kier molecular flexibility index (Phi) is 5.25. The minimum atomic E-state index is -0.0899. The Morgan fingerprint density at radius 3 is 2.38 bits per heavy atom. The Balaban J connectivity index is 2.64. The van der Waals surface area contributed by atoms with Crippen molar-refractivity contribution in [2.24, 2.45) is 0 Å². The van der Waals surface area contributed by atoms with Crippen LogP contribution in [-0.4, -0.2) is 31.0 Å². The lowest BCUT2D eigenvalue weighted by molar-refractivity contribution is 0.376. The molecule has 0 amide bonds. The Morgan fingerprint density at radius 2 is 1.90 bits per heavy atom. The van der Waals surface area contributed by atoms with Crippen LogP contribution in [0.2, 0.25) is 0 Å². The molecule has 21 heavy (non-hydrogen) atoms. The summed E-state index contributed by atoms with van der Waals surface area (Å²) in [6, 6.07) is 5.69. The number of nitrogens with one attached hydrogen (secondary N) is 1. The summed E-state index contributed by atoms with van der Waals surface area (Å²) in [6.07, 6.45) is 1.81. The summed E-state index contributed by atoms with van der Waals surface area (Å²) >= 11 is 3.58. The summed E-state index contributed by atoms with van der Waals surface area (Å²) in [6.45, 7) is 2.85. The van der Waals surface area contributed by atoms with Gasteiger partial charge in [-0.25, -0.2) is 0 Å². The summed E-state index contributed by atoms with van der Waals surface area (Å²) in [4.78, 5) is 0. The highest BCUT2D eigenvalue weighted by Gasteiger charge is 2.26. The standard InChI is InChI=1S/C15H20BrN3O2/c1-5-19-15(10(16)9-18-19)14(17-2)13-11(20-3)7-6-8-12(13)21-4/h6-9,14,17H,5H2,1-4H3. The van der Waals surface area contributed by atoms with Crippen molar-refractivity contribution < 1.29 is 9.47 Å². The number of aryl methyl sites for hydroxylation is 1. The molecule has 6 heteroatoms. The number of benzene rings is 1. The molecule has 0 aliphatic heterocycles. The van der Waals surface area contributed by atoms with Gasteiger partial charge < -0.3 is 14.8 Å². The second kappa shape index (κ2) is 6.95. The summed E-state index contributed by atoms with van der Waals surface area (Å²) < 4.78 is 13.9. The molecule has 2 rings (SSSR count). The number of ether oxygens (including phenoxy) is 2. The fourth-order valence-corrected chi connectivity index (χ4v) is 3.02. The third-order valence-electron chi connectivity index (χ3n) is 3.45. The van der Waals surface area contributed by atoms with E-state index in [9.17, 15) is 0 Å². The monoisotopic (exact) mass is 353 g/mol. The van der Waals surface area contributed by atoms with Gasteiger partial charge in [-0.05, 0) is 42.0 Å². The molecule has 5 nitrogen and oxygen atoms in total. The Labute approximate surface area is 133 Å². The molecule has 0 aliphatic carbocycles. The Bertz CT molecular complexity index is 591. The van der Waals surface area contributed by atoms with Crippen molar-refractivity contribution in [3.8, 4) is 11.5 Å². The van der Waals surface area contributed by atoms with Crippen LogP contribution in [0.3, 0.4) is 0 Å². The van der Waals surface area contributed by atoms with Gasteiger partial charge in [-0.3, -0.25) is 4.68 Å². The van der Waals surface area contributed by atoms with Gasteiger partial charge in [0.1, 0.15) is 11.5 Å². The normalized spacial score (nSPS) is 12.2. The molecule has 0 bridgehead atoms.